The number of nitrogens with zero attached hydrogens (tertiary/aromatic N) is 5. The Bertz CT molecular complexity index is 3400. The smallest absolute Gasteiger partial charge is 0.164 e. The van der Waals surface area contributed by atoms with E-state index in [0.29, 0.717) is 17.5 Å². The average Bonchev–Trinajstić information content (AvgIpc) is 3.95. The van der Waals surface area contributed by atoms with Crippen LogP contribution in [0.2, 0.25) is 0 Å². The molecule has 0 N–H and O–H groups in total. The van der Waals surface area contributed by atoms with Crippen LogP contribution in [0.1, 0.15) is 0 Å². The molecule has 0 fully saturated rings. The van der Waals surface area contributed by atoms with Crippen LogP contribution in [-0.2, 0) is 0 Å². The molecule has 5 nitrogen and oxygen atoms in total. The van der Waals surface area contributed by atoms with Crippen LogP contribution in [0.15, 0.2) is 188 Å². The molecular weight excluding hydrogens is 715 g/mol. The third-order valence-corrected chi connectivity index (χ3v) is 12.4. The Balaban J connectivity index is 1.14. The van der Waals surface area contributed by atoms with Crippen LogP contribution in [0.25, 0.3) is 109 Å². The lowest BCUT2D eigenvalue weighted by Crippen LogP contribution is -2.00. The van der Waals surface area contributed by atoms with E-state index in [1.165, 1.54) is 64.0 Å². The van der Waals surface area contributed by atoms with E-state index in [1.807, 2.05) is 72.0 Å². The summed E-state index contributed by atoms with van der Waals surface area (Å²) in [6, 6.07) is 66.6. The van der Waals surface area contributed by atoms with Gasteiger partial charge in [-0.2, -0.15) is 0 Å². The van der Waals surface area contributed by atoms with Crippen molar-refractivity contribution in [2.75, 3.05) is 0 Å². The summed E-state index contributed by atoms with van der Waals surface area (Å²) in [6.07, 6.45) is 0. The number of hydrogen-bond acceptors (Lipinski definition) is 4. The maximum atomic E-state index is 5.09. The molecule has 0 amide bonds. The lowest BCUT2D eigenvalue weighted by Gasteiger charge is -2.11. The first-order valence-electron chi connectivity index (χ1n) is 19.1. The molecule has 8 aromatic carbocycles. The zero-order valence-electron chi connectivity index (χ0n) is 30.5. The van der Waals surface area contributed by atoms with Gasteiger partial charge in [0.25, 0.3) is 0 Å². The van der Waals surface area contributed by atoms with E-state index < -0.39 is 0 Å². The van der Waals surface area contributed by atoms with E-state index in [-0.39, 0.29) is 0 Å². The van der Waals surface area contributed by atoms with Crippen molar-refractivity contribution in [3.8, 4) is 45.5 Å². The maximum Gasteiger partial charge on any atom is 0.164 e. The first-order chi connectivity index (χ1) is 28.3. The Hall–Kier alpha value is -7.41. The van der Waals surface area contributed by atoms with E-state index in [9.17, 15) is 0 Å². The van der Waals surface area contributed by atoms with Gasteiger partial charge in [0, 0.05) is 59.4 Å². The van der Waals surface area contributed by atoms with Gasteiger partial charge in [-0.15, -0.1) is 11.3 Å². The average molecular weight is 746 g/mol. The second kappa shape index (κ2) is 12.6. The van der Waals surface area contributed by atoms with Crippen molar-refractivity contribution in [2.45, 2.75) is 0 Å². The summed E-state index contributed by atoms with van der Waals surface area (Å²) in [5.41, 5.74) is 9.85. The Morgan fingerprint density at radius 3 is 1.54 bits per heavy atom. The molecule has 0 atom stereocenters. The minimum Gasteiger partial charge on any atom is -0.309 e. The van der Waals surface area contributed by atoms with Gasteiger partial charge in [0.05, 0.1) is 32.5 Å². The van der Waals surface area contributed by atoms with Crippen LogP contribution < -0.4 is 0 Å². The van der Waals surface area contributed by atoms with Crippen LogP contribution in [0.3, 0.4) is 0 Å². The number of para-hydroxylation sites is 3. The van der Waals surface area contributed by atoms with Gasteiger partial charge >= 0.3 is 0 Å². The molecule has 0 aliphatic carbocycles. The van der Waals surface area contributed by atoms with Crippen LogP contribution in [0, 0.1) is 0 Å². The van der Waals surface area contributed by atoms with E-state index in [0.717, 1.165) is 27.9 Å². The van der Waals surface area contributed by atoms with Gasteiger partial charge in [0.2, 0.25) is 0 Å². The molecule has 4 aromatic heterocycles. The normalized spacial score (nSPS) is 11.9. The summed E-state index contributed by atoms with van der Waals surface area (Å²) in [4.78, 5) is 15.1. The van der Waals surface area contributed by atoms with Crippen molar-refractivity contribution in [1.29, 1.82) is 0 Å². The lowest BCUT2D eigenvalue weighted by molar-refractivity contribution is 1.07. The zero-order valence-corrected chi connectivity index (χ0v) is 31.4. The first-order valence-corrected chi connectivity index (χ1v) is 19.9. The largest absolute Gasteiger partial charge is 0.309 e. The monoisotopic (exact) mass is 745 g/mol. The van der Waals surface area contributed by atoms with Gasteiger partial charge in [0.1, 0.15) is 0 Å². The minimum absolute atomic E-state index is 0.636. The molecule has 12 rings (SSSR count). The fourth-order valence-electron chi connectivity index (χ4n) is 8.65. The van der Waals surface area contributed by atoms with Crippen molar-refractivity contribution in [2.24, 2.45) is 0 Å². The summed E-state index contributed by atoms with van der Waals surface area (Å²) in [5.74, 6) is 1.93. The van der Waals surface area contributed by atoms with Crippen LogP contribution in [-0.4, -0.2) is 24.1 Å². The Morgan fingerprint density at radius 2 is 0.895 bits per heavy atom. The highest BCUT2D eigenvalue weighted by Crippen LogP contribution is 2.46. The standard InChI is InChI=1S/C51H31N5S/c1-4-15-32(16-5-1)49-52-50(33-17-6-2-7-18-33)54-51(53-49)34-27-28-38-39-29-30-45-46(47(39)55(44(38)31-34)35-19-8-3-9-20-35)40-23-14-26-43(48(40)57-45)56-41-24-12-10-21-36(41)37-22-11-13-25-42(37)56/h1-31H. The summed E-state index contributed by atoms with van der Waals surface area (Å²) in [5, 5.41) is 7.42. The number of rotatable bonds is 5. The molecule has 6 heteroatoms. The van der Waals surface area contributed by atoms with Crippen molar-refractivity contribution in [1.82, 2.24) is 24.1 Å². The summed E-state index contributed by atoms with van der Waals surface area (Å²) < 4.78 is 7.40. The predicted molar refractivity (Wildman–Crippen MR) is 238 cm³/mol. The lowest BCUT2D eigenvalue weighted by atomic mass is 10.1. The second-order valence-corrected chi connectivity index (χ2v) is 15.5. The van der Waals surface area contributed by atoms with Gasteiger partial charge in [-0.1, -0.05) is 146 Å². The molecule has 0 aliphatic heterocycles. The quantitative estimate of drug-likeness (QED) is 0.176. The Kier molecular flexibility index (Phi) is 7.03. The molecule has 12 aromatic rings. The molecule has 0 radical (unpaired) electrons. The molecule has 0 aliphatic rings. The molecule has 266 valence electrons. The van der Waals surface area contributed by atoms with Crippen LogP contribution >= 0.6 is 11.3 Å². The van der Waals surface area contributed by atoms with Gasteiger partial charge in [-0.25, -0.2) is 15.0 Å². The van der Waals surface area contributed by atoms with E-state index in [4.69, 9.17) is 15.0 Å². The molecule has 0 saturated carbocycles. The maximum absolute atomic E-state index is 5.09. The van der Waals surface area contributed by atoms with Gasteiger partial charge in [-0.3, -0.25) is 0 Å². The van der Waals surface area contributed by atoms with Gasteiger partial charge in [0.15, 0.2) is 17.5 Å². The van der Waals surface area contributed by atoms with Crippen molar-refractivity contribution in [3.63, 3.8) is 0 Å². The molecular formula is C51H31N5S. The molecule has 0 spiro atoms. The highest BCUT2D eigenvalue weighted by Gasteiger charge is 2.22. The SMILES string of the molecule is c1ccc(-c2nc(-c3ccccc3)nc(-c3ccc4c5ccc6sc7c(-n8c9ccccc9c9ccccc98)cccc7c6c5n(-c5ccccc5)c4c3)n2)cc1. The van der Waals surface area contributed by atoms with E-state index in [2.05, 4.69) is 137 Å². The summed E-state index contributed by atoms with van der Waals surface area (Å²) in [6.45, 7) is 0. The van der Waals surface area contributed by atoms with Crippen LogP contribution in [0.5, 0.6) is 0 Å². The van der Waals surface area contributed by atoms with Crippen molar-refractivity contribution < 1.29 is 0 Å². The van der Waals surface area contributed by atoms with Gasteiger partial charge < -0.3 is 9.13 Å². The number of fused-ring (bicyclic) bond motifs is 10. The number of aromatic nitrogens is 5. The fraction of sp³-hybridized carbons (Fsp3) is 0. The summed E-state index contributed by atoms with van der Waals surface area (Å²) in [7, 11) is 0. The zero-order chi connectivity index (χ0) is 37.5. The molecule has 0 saturated heterocycles. The molecule has 0 bridgehead atoms. The number of hydrogen-bond donors (Lipinski definition) is 0. The van der Waals surface area contributed by atoms with Crippen molar-refractivity contribution in [3.05, 3.63) is 188 Å². The minimum atomic E-state index is 0.636. The third-order valence-electron chi connectivity index (χ3n) is 11.2. The molecule has 0 unspecified atom stereocenters. The fourth-order valence-corrected chi connectivity index (χ4v) is 9.86. The Morgan fingerprint density at radius 1 is 0.368 bits per heavy atom. The highest BCUT2D eigenvalue weighted by atomic mass is 32.1. The second-order valence-electron chi connectivity index (χ2n) is 14.4. The third kappa shape index (κ3) is 4.91. The number of benzene rings is 8. The highest BCUT2D eigenvalue weighted by molar-refractivity contribution is 7.26. The number of thiophene rings is 1. The predicted octanol–water partition coefficient (Wildman–Crippen LogP) is 13.4. The van der Waals surface area contributed by atoms with Crippen LogP contribution in [0.4, 0.5) is 0 Å². The molecule has 57 heavy (non-hydrogen) atoms. The first kappa shape index (κ1) is 31.9. The van der Waals surface area contributed by atoms with E-state index in [1.54, 1.807) is 0 Å². The van der Waals surface area contributed by atoms with Crippen molar-refractivity contribution >= 4 is 75.1 Å². The van der Waals surface area contributed by atoms with E-state index >= 15 is 0 Å². The molecule has 4 heterocycles. The topological polar surface area (TPSA) is 48.5 Å². The Labute approximate surface area is 331 Å². The summed E-state index contributed by atoms with van der Waals surface area (Å²) >= 11 is 1.87. The van der Waals surface area contributed by atoms with Gasteiger partial charge in [-0.05, 0) is 42.5 Å².